The van der Waals surface area contributed by atoms with Gasteiger partial charge in [0.15, 0.2) is 17.1 Å². The summed E-state index contributed by atoms with van der Waals surface area (Å²) in [5.41, 5.74) is 1.25. The Morgan fingerprint density at radius 2 is 1.77 bits per heavy atom. The van der Waals surface area contributed by atoms with E-state index < -0.39 is 11.7 Å². The molecule has 1 aliphatic heterocycles. The minimum Gasteiger partial charge on any atom is -0.493 e. The molecule has 2 aromatic heterocycles. The van der Waals surface area contributed by atoms with Gasteiger partial charge in [0.1, 0.15) is 5.82 Å². The second kappa shape index (κ2) is 8.37. The number of aryl methyl sites for hydroxylation is 1. The van der Waals surface area contributed by atoms with E-state index in [9.17, 15) is 13.2 Å². The van der Waals surface area contributed by atoms with Gasteiger partial charge in [-0.1, -0.05) is 0 Å². The molecule has 2 aliphatic rings. The highest BCUT2D eigenvalue weighted by Crippen LogP contribution is 2.45. The number of halogens is 3. The molecule has 2 fully saturated rings. The molecule has 166 valence electrons. The molecule has 1 saturated carbocycles. The fourth-order valence-corrected chi connectivity index (χ4v) is 4.05. The van der Waals surface area contributed by atoms with Gasteiger partial charge in [-0.3, -0.25) is 4.90 Å². The Labute approximate surface area is 178 Å². The van der Waals surface area contributed by atoms with Crippen LogP contribution < -0.4 is 9.47 Å². The highest BCUT2D eigenvalue weighted by molar-refractivity contribution is 5.71. The minimum atomic E-state index is -4.36. The first-order valence-electron chi connectivity index (χ1n) is 10.1. The molecule has 0 spiro atoms. The van der Waals surface area contributed by atoms with Crippen molar-refractivity contribution in [2.24, 2.45) is 18.9 Å². The summed E-state index contributed by atoms with van der Waals surface area (Å²) in [5, 5.41) is 0. The lowest BCUT2D eigenvalue weighted by Crippen LogP contribution is -2.23. The first-order valence-corrected chi connectivity index (χ1v) is 10.1. The van der Waals surface area contributed by atoms with Gasteiger partial charge in [-0.15, -0.1) is 0 Å². The van der Waals surface area contributed by atoms with Crippen LogP contribution in [0.1, 0.15) is 17.8 Å². The summed E-state index contributed by atoms with van der Waals surface area (Å²) in [6.07, 6.45) is -1.09. The zero-order chi connectivity index (χ0) is 22.2. The van der Waals surface area contributed by atoms with Crippen LogP contribution in [-0.4, -0.2) is 46.7 Å². The monoisotopic (exact) mass is 434 g/mol. The zero-order valence-electron chi connectivity index (χ0n) is 17.7. The molecule has 0 bridgehead atoms. The van der Waals surface area contributed by atoms with Crippen LogP contribution in [0.5, 0.6) is 11.5 Å². The van der Waals surface area contributed by atoms with E-state index in [2.05, 4.69) is 32.5 Å². The van der Waals surface area contributed by atoms with Gasteiger partial charge in [0, 0.05) is 26.3 Å². The summed E-state index contributed by atoms with van der Waals surface area (Å²) < 4.78 is 48.5. The van der Waals surface area contributed by atoms with Crippen LogP contribution in [0.4, 0.5) is 13.2 Å². The summed E-state index contributed by atoms with van der Waals surface area (Å²) in [6.45, 7) is 3.50. The van der Waals surface area contributed by atoms with Crippen molar-refractivity contribution in [3.63, 3.8) is 0 Å². The number of alkyl halides is 3. The Hall–Kier alpha value is -2.81. The summed E-state index contributed by atoms with van der Waals surface area (Å²) >= 11 is 0. The zero-order valence-corrected chi connectivity index (χ0v) is 17.7. The predicted octanol–water partition coefficient (Wildman–Crippen LogP) is 4.14. The van der Waals surface area contributed by atoms with Crippen LogP contribution >= 0.6 is 0 Å². The van der Waals surface area contributed by atoms with Crippen molar-refractivity contribution < 1.29 is 22.6 Å². The Bertz CT molecular complexity index is 1060. The van der Waals surface area contributed by atoms with Gasteiger partial charge in [-0.05, 0) is 48.6 Å². The largest absolute Gasteiger partial charge is 0.493 e. The highest BCUT2D eigenvalue weighted by atomic mass is 19.4. The van der Waals surface area contributed by atoms with Crippen LogP contribution in [0.25, 0.3) is 11.2 Å². The Morgan fingerprint density at radius 1 is 1.06 bits per heavy atom. The number of piperidine rings is 1. The molecule has 9 heteroatoms. The van der Waals surface area contributed by atoms with Crippen molar-refractivity contribution in [3.8, 4) is 11.5 Å². The Balaban J connectivity index is 0.000000153. The van der Waals surface area contributed by atoms with Gasteiger partial charge in [-0.25, -0.2) is 9.97 Å². The maximum Gasteiger partial charge on any atom is 0.416 e. The fraction of sp³-hybridized carbons (Fsp3) is 0.455. The number of hydrogen-bond acceptors (Lipinski definition) is 5. The molecular formula is C22H25F3N4O2. The van der Waals surface area contributed by atoms with Crippen molar-refractivity contribution in [2.75, 3.05) is 27.3 Å². The lowest BCUT2D eigenvalue weighted by molar-refractivity contribution is -0.137. The molecule has 0 radical (unpaired) electrons. The molecule has 31 heavy (non-hydrogen) atoms. The molecule has 1 saturated heterocycles. The Morgan fingerprint density at radius 3 is 2.39 bits per heavy atom. The van der Waals surface area contributed by atoms with E-state index >= 15 is 0 Å². The van der Waals surface area contributed by atoms with Gasteiger partial charge in [0.2, 0.25) is 0 Å². The number of rotatable bonds is 4. The van der Waals surface area contributed by atoms with E-state index in [0.29, 0.717) is 0 Å². The molecule has 1 aliphatic carbocycles. The summed E-state index contributed by atoms with van der Waals surface area (Å²) in [4.78, 5) is 11.5. The third-order valence-electron chi connectivity index (χ3n) is 5.88. The Kier molecular flexibility index (Phi) is 5.79. The molecule has 0 N–H and O–H groups in total. The van der Waals surface area contributed by atoms with Crippen molar-refractivity contribution in [3.05, 3.63) is 47.9 Å². The molecular weight excluding hydrogens is 409 g/mol. The van der Waals surface area contributed by atoms with Crippen LogP contribution in [-0.2, 0) is 19.8 Å². The van der Waals surface area contributed by atoms with Gasteiger partial charge in [-0.2, -0.15) is 13.2 Å². The quantitative estimate of drug-likeness (QED) is 0.618. The molecule has 6 nitrogen and oxygen atoms in total. The third-order valence-corrected chi connectivity index (χ3v) is 5.88. The number of ether oxygens (including phenoxy) is 2. The molecule has 3 heterocycles. The normalized spacial score (nSPS) is 20.2. The van der Waals surface area contributed by atoms with Gasteiger partial charge in [0.25, 0.3) is 0 Å². The smallest absolute Gasteiger partial charge is 0.416 e. The minimum absolute atomic E-state index is 0.0716. The third kappa shape index (κ3) is 4.61. The first-order chi connectivity index (χ1) is 14.8. The molecule has 0 amide bonds. The van der Waals surface area contributed by atoms with E-state index in [1.165, 1.54) is 39.8 Å². The maximum atomic E-state index is 12.2. The second-order valence-electron chi connectivity index (χ2n) is 7.95. The van der Waals surface area contributed by atoms with E-state index in [0.717, 1.165) is 47.5 Å². The number of nitrogens with zero attached hydrogens (tertiary/aromatic N) is 4. The number of pyridine rings is 1. The second-order valence-corrected chi connectivity index (χ2v) is 7.95. The molecule has 3 aromatic rings. The van der Waals surface area contributed by atoms with Gasteiger partial charge in [0.05, 0.1) is 31.8 Å². The lowest BCUT2D eigenvalue weighted by Gasteiger charge is -2.16. The average Bonchev–Trinajstić information content (AvgIpc) is 3.24. The molecule has 5 rings (SSSR count). The van der Waals surface area contributed by atoms with Crippen molar-refractivity contribution in [1.82, 2.24) is 19.4 Å². The predicted molar refractivity (Wildman–Crippen MR) is 110 cm³/mol. The number of benzene rings is 1. The lowest BCUT2D eigenvalue weighted by atomic mass is 10.2. The van der Waals surface area contributed by atoms with E-state index in [1.807, 2.05) is 12.3 Å². The maximum absolute atomic E-state index is 12.2. The number of aromatic nitrogens is 3. The topological polar surface area (TPSA) is 52.4 Å². The average molecular weight is 434 g/mol. The fourth-order valence-electron chi connectivity index (χ4n) is 4.05. The number of hydrogen-bond donors (Lipinski definition) is 0. The molecule has 2 atom stereocenters. The first kappa shape index (κ1) is 21.4. The molecule has 2 unspecified atom stereocenters. The van der Waals surface area contributed by atoms with E-state index in [4.69, 9.17) is 9.47 Å². The summed E-state index contributed by atoms with van der Waals surface area (Å²) in [5.74, 6) is 3.47. The van der Waals surface area contributed by atoms with Crippen molar-refractivity contribution in [2.45, 2.75) is 19.1 Å². The number of fused-ring (bicyclic) bond motifs is 2. The van der Waals surface area contributed by atoms with E-state index in [1.54, 1.807) is 0 Å². The highest BCUT2D eigenvalue weighted by Gasteiger charge is 2.45. The standard InChI is InChI=1S/C13H16N4.C9H9F3O2/c1-16-11-3-2-4-14-13(11)15-12(16)8-17-6-9-5-10(9)7-17;1-13-7-4-3-6(9(10,11)12)5-8(7)14-2/h2-4,9-10H,5-8H2,1H3;3-5H,1-2H3. The molecule has 1 aromatic carbocycles. The summed E-state index contributed by atoms with van der Waals surface area (Å²) in [7, 11) is 4.74. The number of methoxy groups -OCH3 is 2. The van der Waals surface area contributed by atoms with Crippen LogP contribution in [0, 0.1) is 11.8 Å². The van der Waals surface area contributed by atoms with Gasteiger partial charge >= 0.3 is 6.18 Å². The SMILES string of the molecule is COc1ccc(C(F)(F)F)cc1OC.Cn1c(CN2CC3CC3C2)nc2ncccc21. The van der Waals surface area contributed by atoms with Crippen molar-refractivity contribution in [1.29, 1.82) is 0 Å². The van der Waals surface area contributed by atoms with Crippen LogP contribution in [0.3, 0.4) is 0 Å². The van der Waals surface area contributed by atoms with Crippen LogP contribution in [0.15, 0.2) is 36.5 Å². The van der Waals surface area contributed by atoms with Crippen LogP contribution in [0.2, 0.25) is 0 Å². The van der Waals surface area contributed by atoms with Crippen molar-refractivity contribution >= 4 is 11.2 Å². The van der Waals surface area contributed by atoms with Gasteiger partial charge < -0.3 is 14.0 Å². The number of imidazole rings is 1. The summed E-state index contributed by atoms with van der Waals surface area (Å²) in [6, 6.07) is 7.13. The number of likely N-dealkylation sites (tertiary alicyclic amines) is 1. The van der Waals surface area contributed by atoms with E-state index in [-0.39, 0.29) is 11.5 Å².